The van der Waals surface area contributed by atoms with E-state index in [1.807, 2.05) is 13.8 Å². The van der Waals surface area contributed by atoms with Crippen LogP contribution in [0, 0.1) is 5.92 Å². The van der Waals surface area contributed by atoms with Gasteiger partial charge in [0, 0.05) is 13.2 Å². The molecule has 0 spiro atoms. The van der Waals surface area contributed by atoms with Gasteiger partial charge in [-0.1, -0.05) is 13.8 Å². The third-order valence-corrected chi connectivity index (χ3v) is 2.33. The average molecular weight is 203 g/mol. The molecule has 0 aromatic carbocycles. The van der Waals surface area contributed by atoms with Crippen LogP contribution >= 0.6 is 0 Å². The summed E-state index contributed by atoms with van der Waals surface area (Å²) in [5, 5.41) is 12.5. The minimum atomic E-state index is -0.169. The van der Waals surface area contributed by atoms with E-state index >= 15 is 0 Å². The van der Waals surface area contributed by atoms with Crippen LogP contribution in [0.5, 0.6) is 0 Å². The van der Waals surface area contributed by atoms with Crippen LogP contribution in [-0.2, 0) is 4.74 Å². The molecule has 1 unspecified atom stereocenters. The lowest BCUT2D eigenvalue weighted by Gasteiger charge is -2.28. The zero-order valence-electron chi connectivity index (χ0n) is 10.1. The molecule has 0 heterocycles. The average Bonchev–Trinajstić information content (AvgIpc) is 2.12. The monoisotopic (exact) mass is 203 g/mol. The predicted molar refractivity (Wildman–Crippen MR) is 59.4 cm³/mol. The zero-order valence-corrected chi connectivity index (χ0v) is 10.1. The Bertz CT molecular complexity index is 146. The molecular formula is C11H25NO2. The molecule has 0 fully saturated rings. The molecule has 3 nitrogen and oxygen atoms in total. The van der Waals surface area contributed by atoms with Gasteiger partial charge in [0.1, 0.15) is 0 Å². The summed E-state index contributed by atoms with van der Waals surface area (Å²) in [6.07, 6.45) is 0.826. The molecule has 14 heavy (non-hydrogen) atoms. The lowest BCUT2D eigenvalue weighted by molar-refractivity contribution is 0.00140. The van der Waals surface area contributed by atoms with Crippen molar-refractivity contribution < 1.29 is 9.84 Å². The van der Waals surface area contributed by atoms with Gasteiger partial charge in [-0.3, -0.25) is 0 Å². The predicted octanol–water partition coefficient (Wildman–Crippen LogP) is 1.41. The number of aliphatic hydroxyl groups excluding tert-OH is 1. The summed E-state index contributed by atoms with van der Waals surface area (Å²) in [6, 6.07) is 0.132. The Morgan fingerprint density at radius 3 is 2.29 bits per heavy atom. The van der Waals surface area contributed by atoms with Gasteiger partial charge in [0.2, 0.25) is 0 Å². The Morgan fingerprint density at radius 2 is 1.93 bits per heavy atom. The standard InChI is InChI=1S/C11H25NO2/c1-9(2)7-12-10(8-13)6-11(3,4)14-5/h9-10,12-13H,6-8H2,1-5H3. The fraction of sp³-hybridized carbons (Fsp3) is 1.00. The number of methoxy groups -OCH3 is 1. The highest BCUT2D eigenvalue weighted by molar-refractivity contribution is 4.78. The second-order valence-electron chi connectivity index (χ2n) is 4.85. The topological polar surface area (TPSA) is 41.5 Å². The van der Waals surface area contributed by atoms with Crippen molar-refractivity contribution in [1.82, 2.24) is 5.32 Å². The van der Waals surface area contributed by atoms with E-state index in [1.54, 1.807) is 7.11 Å². The summed E-state index contributed by atoms with van der Waals surface area (Å²) in [5.41, 5.74) is -0.169. The largest absolute Gasteiger partial charge is 0.395 e. The maximum Gasteiger partial charge on any atom is 0.0638 e. The molecule has 0 saturated heterocycles. The van der Waals surface area contributed by atoms with Crippen molar-refractivity contribution in [3.8, 4) is 0 Å². The maximum absolute atomic E-state index is 9.18. The first-order valence-electron chi connectivity index (χ1n) is 5.30. The minimum Gasteiger partial charge on any atom is -0.395 e. The second kappa shape index (κ2) is 6.38. The van der Waals surface area contributed by atoms with Crippen molar-refractivity contribution in [1.29, 1.82) is 0 Å². The van der Waals surface area contributed by atoms with E-state index in [4.69, 9.17) is 4.74 Å². The SMILES string of the molecule is COC(C)(C)CC(CO)NCC(C)C. The van der Waals surface area contributed by atoms with Crippen LogP contribution < -0.4 is 5.32 Å². The minimum absolute atomic E-state index is 0.132. The lowest BCUT2D eigenvalue weighted by atomic mass is 9.99. The Kier molecular flexibility index (Phi) is 6.33. The van der Waals surface area contributed by atoms with Crippen LogP contribution in [0.3, 0.4) is 0 Å². The van der Waals surface area contributed by atoms with Crippen molar-refractivity contribution in [2.24, 2.45) is 5.92 Å². The summed E-state index contributed by atoms with van der Waals surface area (Å²) in [5.74, 6) is 0.606. The van der Waals surface area contributed by atoms with E-state index in [0.717, 1.165) is 13.0 Å². The third kappa shape index (κ3) is 6.35. The van der Waals surface area contributed by atoms with Gasteiger partial charge in [-0.05, 0) is 32.7 Å². The van der Waals surface area contributed by atoms with Gasteiger partial charge in [0.05, 0.1) is 12.2 Å². The van der Waals surface area contributed by atoms with Gasteiger partial charge >= 0.3 is 0 Å². The first-order valence-corrected chi connectivity index (χ1v) is 5.30. The molecule has 0 aromatic heterocycles. The fourth-order valence-electron chi connectivity index (χ4n) is 1.28. The van der Waals surface area contributed by atoms with Gasteiger partial charge in [0.25, 0.3) is 0 Å². The number of aliphatic hydroxyl groups is 1. The molecule has 3 heteroatoms. The van der Waals surface area contributed by atoms with Crippen LogP contribution in [0.1, 0.15) is 34.1 Å². The number of ether oxygens (including phenoxy) is 1. The summed E-state index contributed by atoms with van der Waals surface area (Å²) in [7, 11) is 1.71. The molecule has 1 atom stereocenters. The first kappa shape index (κ1) is 13.9. The smallest absolute Gasteiger partial charge is 0.0638 e. The highest BCUT2D eigenvalue weighted by atomic mass is 16.5. The normalized spacial score (nSPS) is 14.8. The van der Waals surface area contributed by atoms with Crippen LogP contribution in [0.4, 0.5) is 0 Å². The summed E-state index contributed by atoms with van der Waals surface area (Å²) in [4.78, 5) is 0. The van der Waals surface area contributed by atoms with Gasteiger partial charge in [-0.15, -0.1) is 0 Å². The molecule has 2 N–H and O–H groups in total. The van der Waals surface area contributed by atoms with Crippen LogP contribution in [-0.4, -0.2) is 37.0 Å². The first-order chi connectivity index (χ1) is 6.41. The van der Waals surface area contributed by atoms with Crippen LogP contribution in [0.2, 0.25) is 0 Å². The summed E-state index contributed by atoms with van der Waals surface area (Å²) in [6.45, 7) is 9.48. The Morgan fingerprint density at radius 1 is 1.36 bits per heavy atom. The molecule has 0 aliphatic rings. The van der Waals surface area contributed by atoms with E-state index in [1.165, 1.54) is 0 Å². The molecule has 86 valence electrons. The molecule has 0 bridgehead atoms. The zero-order chi connectivity index (χ0) is 11.2. The van der Waals surface area contributed by atoms with Crippen molar-refractivity contribution in [3.05, 3.63) is 0 Å². The Labute approximate surface area is 87.8 Å². The summed E-state index contributed by atoms with van der Waals surface area (Å²) < 4.78 is 5.33. The van der Waals surface area contributed by atoms with Gasteiger partial charge < -0.3 is 15.2 Å². The highest BCUT2D eigenvalue weighted by Gasteiger charge is 2.21. The van der Waals surface area contributed by atoms with Crippen LogP contribution in [0.25, 0.3) is 0 Å². The van der Waals surface area contributed by atoms with Crippen molar-refractivity contribution in [2.75, 3.05) is 20.3 Å². The second-order valence-corrected chi connectivity index (χ2v) is 4.85. The number of rotatable bonds is 7. The molecule has 0 radical (unpaired) electrons. The molecule has 0 rings (SSSR count). The molecular weight excluding hydrogens is 178 g/mol. The fourth-order valence-corrected chi connectivity index (χ4v) is 1.28. The maximum atomic E-state index is 9.18. The van der Waals surface area contributed by atoms with Gasteiger partial charge in [-0.25, -0.2) is 0 Å². The van der Waals surface area contributed by atoms with E-state index in [-0.39, 0.29) is 18.2 Å². The number of hydrogen-bond acceptors (Lipinski definition) is 3. The van der Waals surface area contributed by atoms with E-state index < -0.39 is 0 Å². The molecule has 0 aliphatic carbocycles. The number of hydrogen-bond donors (Lipinski definition) is 2. The van der Waals surface area contributed by atoms with Gasteiger partial charge in [0.15, 0.2) is 0 Å². The van der Waals surface area contributed by atoms with Crippen molar-refractivity contribution >= 4 is 0 Å². The lowest BCUT2D eigenvalue weighted by Crippen LogP contribution is -2.41. The molecule has 0 aromatic rings. The number of nitrogens with one attached hydrogen (secondary N) is 1. The Balaban J connectivity index is 3.90. The highest BCUT2D eigenvalue weighted by Crippen LogP contribution is 2.15. The molecule has 0 amide bonds. The Hall–Kier alpha value is -0.120. The van der Waals surface area contributed by atoms with Crippen molar-refractivity contribution in [2.45, 2.75) is 45.8 Å². The van der Waals surface area contributed by atoms with Gasteiger partial charge in [-0.2, -0.15) is 0 Å². The molecule has 0 saturated carbocycles. The van der Waals surface area contributed by atoms with E-state index in [0.29, 0.717) is 5.92 Å². The molecule has 0 aliphatic heterocycles. The quantitative estimate of drug-likeness (QED) is 0.657. The third-order valence-electron chi connectivity index (χ3n) is 2.33. The van der Waals surface area contributed by atoms with E-state index in [2.05, 4.69) is 19.2 Å². The summed E-state index contributed by atoms with van der Waals surface area (Å²) >= 11 is 0. The van der Waals surface area contributed by atoms with E-state index in [9.17, 15) is 5.11 Å². The van der Waals surface area contributed by atoms with Crippen molar-refractivity contribution in [3.63, 3.8) is 0 Å². The van der Waals surface area contributed by atoms with Crippen LogP contribution in [0.15, 0.2) is 0 Å².